The monoisotopic (exact) mass is 278 g/mol. The molecule has 2 N–H and O–H groups in total. The highest BCUT2D eigenvalue weighted by Gasteiger charge is 2.09. The third-order valence-corrected chi connectivity index (χ3v) is 4.18. The van der Waals surface area contributed by atoms with Gasteiger partial charge in [-0.25, -0.2) is 13.4 Å². The second-order valence-corrected chi connectivity index (χ2v) is 6.34. The second-order valence-electron chi connectivity index (χ2n) is 3.21. The van der Waals surface area contributed by atoms with Gasteiger partial charge in [0.1, 0.15) is 5.01 Å². The summed E-state index contributed by atoms with van der Waals surface area (Å²) in [5.41, 5.74) is 6.16. The highest BCUT2D eigenvalue weighted by atomic mass is 35.5. The van der Waals surface area contributed by atoms with Gasteiger partial charge in [-0.2, -0.15) is 0 Å². The standard InChI is InChI=1S/C9H10N2O2S2.ClH/c1-15(12,13)6-2-3-8-7(4-6)11-9(5-10)14-8;/h2-4H,5,10H2,1H3;1H. The van der Waals surface area contributed by atoms with Gasteiger partial charge in [0.2, 0.25) is 0 Å². The average Bonchev–Trinajstić information content (AvgIpc) is 2.57. The van der Waals surface area contributed by atoms with Gasteiger partial charge in [-0.05, 0) is 18.2 Å². The minimum absolute atomic E-state index is 0. The van der Waals surface area contributed by atoms with E-state index < -0.39 is 9.84 Å². The highest BCUT2D eigenvalue weighted by molar-refractivity contribution is 7.90. The Morgan fingerprint density at radius 1 is 1.44 bits per heavy atom. The van der Waals surface area contributed by atoms with E-state index in [4.69, 9.17) is 5.73 Å². The summed E-state index contributed by atoms with van der Waals surface area (Å²) in [5.74, 6) is 0. The van der Waals surface area contributed by atoms with E-state index in [9.17, 15) is 8.42 Å². The summed E-state index contributed by atoms with van der Waals surface area (Å²) < 4.78 is 23.6. The van der Waals surface area contributed by atoms with Crippen molar-refractivity contribution in [3.63, 3.8) is 0 Å². The predicted molar refractivity (Wildman–Crippen MR) is 67.9 cm³/mol. The third-order valence-electron chi connectivity index (χ3n) is 2.01. The van der Waals surface area contributed by atoms with Crippen LogP contribution in [0.5, 0.6) is 0 Å². The quantitative estimate of drug-likeness (QED) is 0.905. The molecule has 0 saturated carbocycles. The zero-order valence-corrected chi connectivity index (χ0v) is 11.0. The maximum Gasteiger partial charge on any atom is 0.175 e. The lowest BCUT2D eigenvalue weighted by molar-refractivity contribution is 0.602. The summed E-state index contributed by atoms with van der Waals surface area (Å²) in [5, 5.41) is 0.815. The largest absolute Gasteiger partial charge is 0.325 e. The number of fused-ring (bicyclic) bond motifs is 1. The third kappa shape index (κ3) is 2.52. The highest BCUT2D eigenvalue weighted by Crippen LogP contribution is 2.24. The van der Waals surface area contributed by atoms with Crippen molar-refractivity contribution in [3.05, 3.63) is 23.2 Å². The SMILES string of the molecule is CS(=O)(=O)c1ccc2sc(CN)nc2c1.Cl. The first-order valence-corrected chi connectivity index (χ1v) is 7.01. The van der Waals surface area contributed by atoms with Crippen molar-refractivity contribution in [2.24, 2.45) is 5.73 Å². The second kappa shape index (κ2) is 4.67. The molecule has 1 heterocycles. The maximum atomic E-state index is 11.3. The molecule has 0 unspecified atom stereocenters. The van der Waals surface area contributed by atoms with Crippen molar-refractivity contribution in [1.82, 2.24) is 4.98 Å². The van der Waals surface area contributed by atoms with Crippen molar-refractivity contribution < 1.29 is 8.42 Å². The van der Waals surface area contributed by atoms with E-state index in [0.29, 0.717) is 17.0 Å². The van der Waals surface area contributed by atoms with Gasteiger partial charge in [-0.15, -0.1) is 23.7 Å². The molecule has 2 rings (SSSR count). The Kier molecular flexibility index (Phi) is 3.90. The van der Waals surface area contributed by atoms with Crippen LogP contribution in [0.2, 0.25) is 0 Å². The summed E-state index contributed by atoms with van der Waals surface area (Å²) in [4.78, 5) is 4.53. The zero-order valence-electron chi connectivity index (χ0n) is 8.50. The number of nitrogens with two attached hydrogens (primary N) is 1. The Morgan fingerprint density at radius 3 is 2.69 bits per heavy atom. The molecule has 0 aliphatic heterocycles. The van der Waals surface area contributed by atoms with Crippen LogP contribution in [0.3, 0.4) is 0 Å². The van der Waals surface area contributed by atoms with Crippen LogP contribution >= 0.6 is 23.7 Å². The van der Waals surface area contributed by atoms with Gasteiger partial charge in [0, 0.05) is 12.8 Å². The zero-order chi connectivity index (χ0) is 11.1. The van der Waals surface area contributed by atoms with E-state index in [1.807, 2.05) is 0 Å². The van der Waals surface area contributed by atoms with E-state index in [1.54, 1.807) is 18.2 Å². The minimum atomic E-state index is -3.16. The summed E-state index contributed by atoms with van der Waals surface area (Å²) >= 11 is 1.49. The number of aromatic nitrogens is 1. The molecule has 0 spiro atoms. The van der Waals surface area contributed by atoms with Crippen LogP contribution in [0.15, 0.2) is 23.1 Å². The molecule has 1 aromatic carbocycles. The lowest BCUT2D eigenvalue weighted by Crippen LogP contribution is -1.96. The lowest BCUT2D eigenvalue weighted by Gasteiger charge is -1.96. The van der Waals surface area contributed by atoms with Gasteiger partial charge in [-0.3, -0.25) is 0 Å². The molecule has 16 heavy (non-hydrogen) atoms. The Morgan fingerprint density at radius 2 is 2.12 bits per heavy atom. The Balaban J connectivity index is 0.00000128. The average molecular weight is 279 g/mol. The number of hydrogen-bond acceptors (Lipinski definition) is 5. The predicted octanol–water partition coefficient (Wildman–Crippen LogP) is 1.58. The summed E-state index contributed by atoms with van der Waals surface area (Å²) in [7, 11) is -3.16. The number of halogens is 1. The first-order valence-electron chi connectivity index (χ1n) is 4.30. The first-order chi connectivity index (χ1) is 7.00. The van der Waals surface area contributed by atoms with Crippen LogP contribution in [0.4, 0.5) is 0 Å². The molecule has 2 aromatic rings. The molecule has 4 nitrogen and oxygen atoms in total. The summed E-state index contributed by atoms with van der Waals surface area (Å²) in [6.07, 6.45) is 1.18. The van der Waals surface area contributed by atoms with Crippen molar-refractivity contribution in [3.8, 4) is 0 Å². The molecule has 0 aliphatic carbocycles. The number of hydrogen-bond donors (Lipinski definition) is 1. The maximum absolute atomic E-state index is 11.3. The van der Waals surface area contributed by atoms with Crippen molar-refractivity contribution in [2.45, 2.75) is 11.4 Å². The van der Waals surface area contributed by atoms with Crippen LogP contribution in [-0.4, -0.2) is 19.7 Å². The van der Waals surface area contributed by atoms with Crippen molar-refractivity contribution >= 4 is 43.8 Å². The molecule has 88 valence electrons. The Hall–Kier alpha value is -0.690. The molecule has 0 amide bonds. The number of thiazole rings is 1. The molecule has 7 heteroatoms. The van der Waals surface area contributed by atoms with Crippen molar-refractivity contribution in [2.75, 3.05) is 6.26 Å². The van der Waals surface area contributed by atoms with Crippen LogP contribution in [0, 0.1) is 0 Å². The topological polar surface area (TPSA) is 73.0 Å². The van der Waals surface area contributed by atoms with E-state index >= 15 is 0 Å². The fraction of sp³-hybridized carbons (Fsp3) is 0.222. The van der Waals surface area contributed by atoms with Gasteiger partial charge < -0.3 is 5.73 Å². The molecule has 0 radical (unpaired) electrons. The minimum Gasteiger partial charge on any atom is -0.325 e. The molecule has 0 bridgehead atoms. The lowest BCUT2D eigenvalue weighted by atomic mass is 10.3. The van der Waals surface area contributed by atoms with Crippen molar-refractivity contribution in [1.29, 1.82) is 0 Å². The molecular weight excluding hydrogens is 268 g/mol. The Labute approximate surface area is 104 Å². The van der Waals surface area contributed by atoms with Gasteiger partial charge in [0.05, 0.1) is 15.1 Å². The molecule has 0 fully saturated rings. The Bertz CT molecular complexity index is 607. The molecule has 0 atom stereocenters. The summed E-state index contributed by atoms with van der Waals surface area (Å²) in [6.45, 7) is 0.382. The number of rotatable bonds is 2. The summed E-state index contributed by atoms with van der Waals surface area (Å²) in [6, 6.07) is 4.94. The fourth-order valence-electron chi connectivity index (χ4n) is 1.27. The van der Waals surface area contributed by atoms with E-state index in [-0.39, 0.29) is 12.4 Å². The van der Waals surface area contributed by atoms with E-state index in [2.05, 4.69) is 4.98 Å². The van der Waals surface area contributed by atoms with Gasteiger partial charge in [-0.1, -0.05) is 0 Å². The molecule has 0 saturated heterocycles. The molecular formula is C9H11ClN2O2S2. The van der Waals surface area contributed by atoms with Crippen LogP contribution in [0.25, 0.3) is 10.2 Å². The number of sulfone groups is 1. The van der Waals surface area contributed by atoms with Crippen LogP contribution < -0.4 is 5.73 Å². The fourth-order valence-corrected chi connectivity index (χ4v) is 2.74. The van der Waals surface area contributed by atoms with Crippen LogP contribution in [0.1, 0.15) is 5.01 Å². The van der Waals surface area contributed by atoms with Gasteiger partial charge in [0.25, 0.3) is 0 Å². The van der Waals surface area contributed by atoms with Gasteiger partial charge >= 0.3 is 0 Å². The van der Waals surface area contributed by atoms with Crippen LogP contribution in [-0.2, 0) is 16.4 Å². The normalized spacial score (nSPS) is 11.4. The smallest absolute Gasteiger partial charge is 0.175 e. The van der Waals surface area contributed by atoms with Gasteiger partial charge in [0.15, 0.2) is 9.84 Å². The van der Waals surface area contributed by atoms with E-state index in [0.717, 1.165) is 9.71 Å². The molecule has 1 aromatic heterocycles. The number of benzene rings is 1. The number of nitrogens with zero attached hydrogens (tertiary/aromatic N) is 1. The molecule has 0 aliphatic rings. The van der Waals surface area contributed by atoms with E-state index in [1.165, 1.54) is 17.6 Å². The first kappa shape index (κ1) is 13.4.